The van der Waals surface area contributed by atoms with Gasteiger partial charge in [0.2, 0.25) is 0 Å². The second-order valence-electron chi connectivity index (χ2n) is 11.5. The van der Waals surface area contributed by atoms with Crippen LogP contribution in [0.4, 0.5) is 15.8 Å². The number of hydrogen-bond acceptors (Lipinski definition) is 7. The van der Waals surface area contributed by atoms with Gasteiger partial charge < -0.3 is 30.0 Å². The first-order chi connectivity index (χ1) is 21.9. The van der Waals surface area contributed by atoms with Gasteiger partial charge in [-0.3, -0.25) is 14.7 Å². The molecule has 1 saturated heterocycles. The van der Waals surface area contributed by atoms with E-state index in [-0.39, 0.29) is 30.0 Å². The number of nitrogens with one attached hydrogen (secondary N) is 3. The fraction of sp³-hybridized carbons (Fsp3) is 0.343. The number of carbonyl (C=O) groups excluding carboxylic acids is 1. The maximum absolute atomic E-state index is 14.6. The molecule has 2 aliphatic heterocycles. The van der Waals surface area contributed by atoms with E-state index in [0.717, 1.165) is 24.2 Å². The van der Waals surface area contributed by atoms with Gasteiger partial charge in [-0.15, -0.1) is 5.73 Å². The number of hydrogen-bond donors (Lipinski definition) is 3. The lowest BCUT2D eigenvalue weighted by atomic mass is 10.0. The minimum absolute atomic E-state index is 0.0617. The molecule has 1 fully saturated rings. The van der Waals surface area contributed by atoms with Crippen molar-refractivity contribution in [1.82, 2.24) is 25.1 Å². The first-order valence-corrected chi connectivity index (χ1v) is 15.0. The Bertz CT molecular complexity index is 1750. The predicted molar refractivity (Wildman–Crippen MR) is 172 cm³/mol. The number of nitrogens with zero attached hydrogens (tertiary/aromatic N) is 3. The number of amides is 1. The summed E-state index contributed by atoms with van der Waals surface area (Å²) in [5.41, 5.74) is 7.64. The Labute approximate surface area is 262 Å². The van der Waals surface area contributed by atoms with Crippen molar-refractivity contribution in [1.29, 1.82) is 0 Å². The van der Waals surface area contributed by atoms with Gasteiger partial charge >= 0.3 is 0 Å². The topological polar surface area (TPSA) is 94.8 Å². The predicted octanol–water partition coefficient (Wildman–Crippen LogP) is 4.48. The van der Waals surface area contributed by atoms with E-state index in [1.54, 1.807) is 31.6 Å². The number of methoxy groups -OCH3 is 2. The number of ether oxygens (including phenoxy) is 2. The molecular formula is C35H37FN6O3. The lowest BCUT2D eigenvalue weighted by Crippen LogP contribution is -2.43. The van der Waals surface area contributed by atoms with Crippen molar-refractivity contribution in [2.24, 2.45) is 5.92 Å². The molecule has 1 amide bonds. The van der Waals surface area contributed by atoms with Crippen LogP contribution in [0.5, 0.6) is 5.75 Å². The molecule has 2 aromatic heterocycles. The zero-order chi connectivity index (χ0) is 31.5. The van der Waals surface area contributed by atoms with E-state index >= 15 is 0 Å². The van der Waals surface area contributed by atoms with Crippen molar-refractivity contribution in [2.45, 2.75) is 31.2 Å². The largest absolute Gasteiger partial charge is 0.492 e. The summed E-state index contributed by atoms with van der Waals surface area (Å²) < 4.78 is 25.9. The van der Waals surface area contributed by atoms with Crippen molar-refractivity contribution in [3.63, 3.8) is 0 Å². The second kappa shape index (κ2) is 13.1. The van der Waals surface area contributed by atoms with Gasteiger partial charge in [0.05, 0.1) is 41.3 Å². The number of anilines is 2. The third-order valence-electron chi connectivity index (χ3n) is 8.38. The van der Waals surface area contributed by atoms with Crippen LogP contribution in [0.3, 0.4) is 0 Å². The number of rotatable bonds is 9. The summed E-state index contributed by atoms with van der Waals surface area (Å²) in [7, 11) is 7.20. The van der Waals surface area contributed by atoms with Gasteiger partial charge in [-0.2, -0.15) is 0 Å². The molecule has 0 saturated carbocycles. The minimum atomic E-state index is -0.505. The van der Waals surface area contributed by atoms with Crippen molar-refractivity contribution in [3.05, 3.63) is 89.3 Å². The molecule has 3 aromatic rings. The fourth-order valence-corrected chi connectivity index (χ4v) is 6.30. The van der Waals surface area contributed by atoms with Crippen LogP contribution < -0.4 is 15.4 Å². The van der Waals surface area contributed by atoms with Crippen LogP contribution in [0.25, 0.3) is 11.3 Å². The number of halogens is 1. The Kier molecular flexibility index (Phi) is 8.87. The Morgan fingerprint density at radius 3 is 2.96 bits per heavy atom. The van der Waals surface area contributed by atoms with Crippen LogP contribution in [0.1, 0.15) is 28.0 Å². The molecule has 232 valence electrons. The van der Waals surface area contributed by atoms with Gasteiger partial charge in [-0.25, -0.2) is 4.39 Å². The maximum atomic E-state index is 14.6. The minimum Gasteiger partial charge on any atom is -0.492 e. The van der Waals surface area contributed by atoms with E-state index in [0.29, 0.717) is 47.1 Å². The zero-order valence-corrected chi connectivity index (χ0v) is 25.9. The first-order valence-electron chi connectivity index (χ1n) is 15.0. The highest BCUT2D eigenvalue weighted by Crippen LogP contribution is 2.41. The third kappa shape index (κ3) is 6.04. The van der Waals surface area contributed by atoms with E-state index in [1.807, 2.05) is 20.2 Å². The molecule has 3 aliphatic rings. The standard InChI is InChI=1S/C35H37FN6O3/c1-41(2)19-7-12-30(44-3)42-24(20-22-8-5-11-29(22)42)14-13-23-21-37-17-15-25(23)32-33(31-27(39-32)16-18-38-35(31)43)40-28-10-6-9-26(36)34(28)45-4/h6-12,15,17,21-22,24,29-30,39-40H,16,18-20H2,1-4H3,(H,38,43)/b12-7+/t22-,24-,29-,30?/m0/s1. The number of likely N-dealkylation sites (tertiary alicyclic amines) is 1. The molecule has 1 unspecified atom stereocenters. The van der Waals surface area contributed by atoms with Crippen molar-refractivity contribution in [3.8, 4) is 28.8 Å². The molecule has 45 heavy (non-hydrogen) atoms. The number of pyridine rings is 1. The summed E-state index contributed by atoms with van der Waals surface area (Å²) in [4.78, 5) is 25.4. The Morgan fingerprint density at radius 2 is 2.16 bits per heavy atom. The van der Waals surface area contributed by atoms with E-state index in [1.165, 1.54) is 13.2 Å². The number of aromatic amines is 1. The quantitative estimate of drug-likeness (QED) is 0.187. The van der Waals surface area contributed by atoms with Crippen LogP contribution in [0, 0.1) is 23.6 Å². The number of benzene rings is 1. The second-order valence-corrected chi connectivity index (χ2v) is 11.5. The van der Waals surface area contributed by atoms with E-state index in [2.05, 4.69) is 72.3 Å². The van der Waals surface area contributed by atoms with Crippen molar-refractivity contribution >= 4 is 17.3 Å². The van der Waals surface area contributed by atoms with Gasteiger partial charge in [0.25, 0.3) is 5.91 Å². The molecule has 0 radical (unpaired) electrons. The number of para-hydroxylation sites is 1. The molecule has 0 spiro atoms. The van der Waals surface area contributed by atoms with Crippen LogP contribution >= 0.6 is 0 Å². The SMILES string of the molecule is COc1c(F)cccc1Nc1c(-c2ccncc2C#C[C@H]2C[C@@H]3C=C=C[C@@H]3N2C(/C=C/CN(C)C)OC)[nH]c2c1C(=O)NCC2. The fourth-order valence-electron chi connectivity index (χ4n) is 6.30. The molecule has 9 nitrogen and oxygen atoms in total. The number of likely N-dealkylation sites (N-methyl/N-ethyl adjacent to an activating group) is 1. The van der Waals surface area contributed by atoms with Gasteiger partial charge in [0.15, 0.2) is 11.6 Å². The van der Waals surface area contributed by atoms with E-state index in [4.69, 9.17) is 9.47 Å². The summed E-state index contributed by atoms with van der Waals surface area (Å²) in [6.45, 7) is 1.32. The first kappa shape index (κ1) is 30.4. The Hall–Kier alpha value is -4.65. The van der Waals surface area contributed by atoms with Crippen LogP contribution in [0.2, 0.25) is 0 Å². The molecule has 10 heteroatoms. The molecule has 1 aromatic carbocycles. The number of H-pyrrole nitrogens is 1. The average Bonchev–Trinajstić information content (AvgIpc) is 3.73. The lowest BCUT2D eigenvalue weighted by molar-refractivity contribution is -0.00971. The Morgan fingerprint density at radius 1 is 1.29 bits per heavy atom. The van der Waals surface area contributed by atoms with Gasteiger partial charge in [-0.1, -0.05) is 24.0 Å². The highest BCUT2D eigenvalue weighted by atomic mass is 19.1. The van der Waals surface area contributed by atoms with E-state index in [9.17, 15) is 9.18 Å². The van der Waals surface area contributed by atoms with Gasteiger partial charge in [-0.05, 0) is 56.9 Å². The van der Waals surface area contributed by atoms with Crippen LogP contribution in [-0.4, -0.2) is 85.4 Å². The Balaban J connectivity index is 1.39. The van der Waals surface area contributed by atoms with Crippen LogP contribution in [0.15, 0.2) is 66.7 Å². The number of fused-ring (bicyclic) bond motifs is 2. The van der Waals surface area contributed by atoms with Crippen molar-refractivity contribution < 1.29 is 18.7 Å². The zero-order valence-electron chi connectivity index (χ0n) is 25.9. The highest BCUT2D eigenvalue weighted by Gasteiger charge is 2.42. The number of aromatic nitrogens is 2. The lowest BCUT2D eigenvalue weighted by Gasteiger charge is -2.31. The molecule has 0 bridgehead atoms. The summed E-state index contributed by atoms with van der Waals surface area (Å²) in [5, 5.41) is 6.23. The van der Waals surface area contributed by atoms with E-state index < -0.39 is 5.82 Å². The normalized spacial score (nSPS) is 21.0. The van der Waals surface area contributed by atoms with Crippen molar-refractivity contribution in [2.75, 3.05) is 46.7 Å². The highest BCUT2D eigenvalue weighted by molar-refractivity contribution is 6.06. The summed E-state index contributed by atoms with van der Waals surface area (Å²) >= 11 is 0. The summed E-state index contributed by atoms with van der Waals surface area (Å²) in [6, 6.07) is 6.59. The molecule has 4 heterocycles. The average molecular weight is 609 g/mol. The van der Waals surface area contributed by atoms with Crippen LogP contribution in [-0.2, 0) is 11.2 Å². The summed E-state index contributed by atoms with van der Waals surface area (Å²) in [5.74, 6) is 6.60. The third-order valence-corrected chi connectivity index (χ3v) is 8.38. The monoisotopic (exact) mass is 608 g/mol. The van der Waals surface area contributed by atoms with Gasteiger partial charge in [0, 0.05) is 62.2 Å². The van der Waals surface area contributed by atoms with Gasteiger partial charge in [0.1, 0.15) is 6.23 Å². The summed E-state index contributed by atoms with van der Waals surface area (Å²) in [6.07, 6.45) is 13.1. The molecule has 3 N–H and O–H groups in total. The molecule has 1 aliphatic carbocycles. The molecular weight excluding hydrogens is 571 g/mol. The maximum Gasteiger partial charge on any atom is 0.255 e. The number of carbonyl (C=O) groups is 1. The molecule has 6 rings (SSSR count). The smallest absolute Gasteiger partial charge is 0.255 e. The molecule has 4 atom stereocenters.